The molecule has 0 saturated heterocycles. The number of carboxylic acids is 1. The highest BCUT2D eigenvalue weighted by Crippen LogP contribution is 2.21. The molecule has 16 heavy (non-hydrogen) atoms. The quantitative estimate of drug-likeness (QED) is 0.921. The van der Waals surface area contributed by atoms with E-state index >= 15 is 0 Å². The fraction of sp³-hybridized carbons (Fsp3) is 0. The zero-order chi connectivity index (χ0) is 11.7. The van der Waals surface area contributed by atoms with Crippen LogP contribution in [0, 0.1) is 0 Å². The summed E-state index contributed by atoms with van der Waals surface area (Å²) in [6, 6.07) is 8.52. The molecule has 0 fully saturated rings. The zero-order valence-corrected chi connectivity index (χ0v) is 10.4. The smallest absolute Gasteiger partial charge is 0.352 e. The van der Waals surface area contributed by atoms with Gasteiger partial charge >= 0.3 is 5.97 Å². The van der Waals surface area contributed by atoms with Gasteiger partial charge in [0.25, 0.3) is 0 Å². The van der Waals surface area contributed by atoms with Gasteiger partial charge in [0.15, 0.2) is 0 Å². The first-order valence-electron chi connectivity index (χ1n) is 4.45. The number of hydrogen-bond acceptors (Lipinski definition) is 1. The van der Waals surface area contributed by atoms with Crippen LogP contribution >= 0.6 is 27.5 Å². The average Bonchev–Trinajstić information content (AvgIpc) is 2.61. The molecule has 0 unspecified atom stereocenters. The van der Waals surface area contributed by atoms with Crippen molar-refractivity contribution in [3.63, 3.8) is 0 Å². The molecule has 0 atom stereocenters. The summed E-state index contributed by atoms with van der Waals surface area (Å²) >= 11 is 9.02. The molecule has 0 radical (unpaired) electrons. The van der Waals surface area contributed by atoms with Crippen molar-refractivity contribution in [3.05, 3.63) is 51.7 Å². The van der Waals surface area contributed by atoms with Gasteiger partial charge in [-0.1, -0.05) is 11.6 Å². The number of hydrogen-bond donors (Lipinski definition) is 1. The summed E-state index contributed by atoms with van der Waals surface area (Å²) in [5, 5.41) is 9.64. The number of carbonyl (C=O) groups is 1. The molecule has 82 valence electrons. The number of rotatable bonds is 2. The van der Waals surface area contributed by atoms with E-state index in [1.165, 1.54) is 0 Å². The standard InChI is InChI=1S/C11H7BrClNO2/c12-7-5-10(11(15)16)14(6-7)9-3-1-8(13)2-4-9/h1-6H,(H,15,16). The van der Waals surface area contributed by atoms with E-state index < -0.39 is 5.97 Å². The van der Waals surface area contributed by atoms with Crippen molar-refractivity contribution >= 4 is 33.5 Å². The highest BCUT2D eigenvalue weighted by atomic mass is 79.9. The van der Waals surface area contributed by atoms with Gasteiger partial charge in [-0.2, -0.15) is 0 Å². The minimum absolute atomic E-state index is 0.203. The summed E-state index contributed by atoms with van der Waals surface area (Å²) in [6.45, 7) is 0. The van der Waals surface area contributed by atoms with Crippen LogP contribution in [0.4, 0.5) is 0 Å². The Labute approximate surface area is 105 Å². The lowest BCUT2D eigenvalue weighted by atomic mass is 10.3. The molecular formula is C11H7BrClNO2. The number of benzene rings is 1. The topological polar surface area (TPSA) is 42.2 Å². The molecule has 1 heterocycles. The van der Waals surface area contributed by atoms with E-state index in [1.54, 1.807) is 41.1 Å². The van der Waals surface area contributed by atoms with Gasteiger partial charge in [-0.15, -0.1) is 0 Å². The van der Waals surface area contributed by atoms with Crippen LogP contribution in [0.15, 0.2) is 41.0 Å². The lowest BCUT2D eigenvalue weighted by molar-refractivity contribution is 0.0688. The van der Waals surface area contributed by atoms with Gasteiger partial charge in [0.1, 0.15) is 5.69 Å². The van der Waals surface area contributed by atoms with Crippen LogP contribution in [0.2, 0.25) is 5.02 Å². The Morgan fingerprint density at radius 3 is 2.50 bits per heavy atom. The van der Waals surface area contributed by atoms with Crippen molar-refractivity contribution in [1.29, 1.82) is 0 Å². The number of carboxylic acid groups (broad SMARTS) is 1. The molecule has 0 spiro atoms. The van der Waals surface area contributed by atoms with E-state index in [-0.39, 0.29) is 5.69 Å². The first kappa shape index (κ1) is 11.2. The highest BCUT2D eigenvalue weighted by Gasteiger charge is 2.12. The van der Waals surface area contributed by atoms with Crippen LogP contribution in [-0.4, -0.2) is 15.6 Å². The highest BCUT2D eigenvalue weighted by molar-refractivity contribution is 9.10. The summed E-state index contributed by atoms with van der Waals surface area (Å²) in [7, 11) is 0. The van der Waals surface area contributed by atoms with Crippen LogP contribution < -0.4 is 0 Å². The predicted octanol–water partition coefficient (Wildman–Crippen LogP) is 3.59. The summed E-state index contributed by atoms with van der Waals surface area (Å²) in [6.07, 6.45) is 1.70. The molecule has 2 rings (SSSR count). The molecule has 5 heteroatoms. The molecular weight excluding hydrogens is 293 g/mol. The fourth-order valence-corrected chi connectivity index (χ4v) is 1.96. The number of aromatic nitrogens is 1. The van der Waals surface area contributed by atoms with E-state index in [4.69, 9.17) is 16.7 Å². The van der Waals surface area contributed by atoms with Crippen molar-refractivity contribution < 1.29 is 9.90 Å². The van der Waals surface area contributed by atoms with Gasteiger partial charge in [-0.3, -0.25) is 0 Å². The van der Waals surface area contributed by atoms with Gasteiger partial charge in [0.2, 0.25) is 0 Å². The summed E-state index contributed by atoms with van der Waals surface area (Å²) in [4.78, 5) is 11.0. The Kier molecular flexibility index (Phi) is 3.03. The molecule has 0 saturated carbocycles. The largest absolute Gasteiger partial charge is 0.477 e. The normalized spacial score (nSPS) is 10.4. The maximum atomic E-state index is 11.0. The third kappa shape index (κ3) is 2.13. The molecule has 0 bridgehead atoms. The van der Waals surface area contributed by atoms with E-state index in [1.807, 2.05) is 0 Å². The lowest BCUT2D eigenvalue weighted by Gasteiger charge is -2.05. The first-order valence-corrected chi connectivity index (χ1v) is 5.62. The number of aromatic carboxylic acids is 1. The second-order valence-corrected chi connectivity index (χ2v) is 4.55. The van der Waals surface area contributed by atoms with Gasteiger partial charge < -0.3 is 9.67 Å². The van der Waals surface area contributed by atoms with Crippen molar-refractivity contribution in [3.8, 4) is 5.69 Å². The molecule has 1 aromatic heterocycles. The maximum absolute atomic E-state index is 11.0. The maximum Gasteiger partial charge on any atom is 0.352 e. The van der Waals surface area contributed by atoms with E-state index in [0.717, 1.165) is 10.2 Å². The van der Waals surface area contributed by atoms with Gasteiger partial charge in [-0.05, 0) is 46.3 Å². The summed E-state index contributed by atoms with van der Waals surface area (Å²) in [5.74, 6) is -0.972. The Morgan fingerprint density at radius 1 is 1.31 bits per heavy atom. The first-order chi connectivity index (χ1) is 7.58. The molecule has 0 aliphatic heterocycles. The van der Waals surface area contributed by atoms with Crippen molar-refractivity contribution in [2.45, 2.75) is 0 Å². The van der Waals surface area contributed by atoms with Crippen LogP contribution in [0.3, 0.4) is 0 Å². The minimum Gasteiger partial charge on any atom is -0.477 e. The lowest BCUT2D eigenvalue weighted by Crippen LogP contribution is -2.05. The van der Waals surface area contributed by atoms with Gasteiger partial charge in [-0.25, -0.2) is 4.79 Å². The van der Waals surface area contributed by atoms with Crippen molar-refractivity contribution in [1.82, 2.24) is 4.57 Å². The predicted molar refractivity (Wildman–Crippen MR) is 65.4 cm³/mol. The SMILES string of the molecule is O=C(O)c1cc(Br)cn1-c1ccc(Cl)cc1. The average molecular weight is 301 g/mol. The van der Waals surface area contributed by atoms with Crippen LogP contribution in [0.5, 0.6) is 0 Å². The minimum atomic E-state index is -0.972. The van der Waals surface area contributed by atoms with E-state index in [2.05, 4.69) is 15.9 Å². The van der Waals surface area contributed by atoms with Crippen LogP contribution in [-0.2, 0) is 0 Å². The Morgan fingerprint density at radius 2 is 1.94 bits per heavy atom. The Hall–Kier alpha value is -1.26. The van der Waals surface area contributed by atoms with Crippen LogP contribution in [0.25, 0.3) is 5.69 Å². The third-order valence-electron chi connectivity index (χ3n) is 2.11. The Balaban J connectivity index is 2.55. The molecule has 1 aromatic carbocycles. The van der Waals surface area contributed by atoms with Crippen molar-refractivity contribution in [2.24, 2.45) is 0 Å². The Bertz CT molecular complexity index is 533. The molecule has 2 aromatic rings. The van der Waals surface area contributed by atoms with Gasteiger partial charge in [0, 0.05) is 21.4 Å². The summed E-state index contributed by atoms with van der Waals surface area (Å²) in [5.41, 5.74) is 0.960. The number of halogens is 2. The molecule has 3 nitrogen and oxygen atoms in total. The second-order valence-electron chi connectivity index (χ2n) is 3.20. The van der Waals surface area contributed by atoms with Crippen molar-refractivity contribution in [2.75, 3.05) is 0 Å². The third-order valence-corrected chi connectivity index (χ3v) is 2.80. The fourth-order valence-electron chi connectivity index (χ4n) is 1.41. The molecule has 0 aliphatic carbocycles. The second kappa shape index (κ2) is 4.31. The van der Waals surface area contributed by atoms with E-state index in [9.17, 15) is 4.79 Å². The monoisotopic (exact) mass is 299 g/mol. The van der Waals surface area contributed by atoms with Gasteiger partial charge in [0.05, 0.1) is 0 Å². The van der Waals surface area contributed by atoms with E-state index in [0.29, 0.717) is 5.02 Å². The van der Waals surface area contributed by atoms with Crippen LogP contribution in [0.1, 0.15) is 10.5 Å². The molecule has 0 aliphatic rings. The molecule has 1 N–H and O–H groups in total. The zero-order valence-electron chi connectivity index (χ0n) is 8.02. The summed E-state index contributed by atoms with van der Waals surface area (Å²) < 4.78 is 2.31. The molecule has 0 amide bonds. The number of nitrogens with zero attached hydrogens (tertiary/aromatic N) is 1.